The van der Waals surface area contributed by atoms with E-state index in [1.165, 1.54) is 0 Å². The predicted octanol–water partition coefficient (Wildman–Crippen LogP) is 3.81. The van der Waals surface area contributed by atoms with Crippen LogP contribution in [0.5, 0.6) is 0 Å². The molecule has 0 atom stereocenters. The molecule has 168 valence electrons. The van der Waals surface area contributed by atoms with E-state index in [-0.39, 0.29) is 37.8 Å². The predicted molar refractivity (Wildman–Crippen MR) is 104 cm³/mol. The Balaban J connectivity index is 0.000000300. The van der Waals surface area contributed by atoms with Gasteiger partial charge >= 0.3 is 12.2 Å². The van der Waals surface area contributed by atoms with Gasteiger partial charge in [-0.3, -0.25) is 0 Å². The highest BCUT2D eigenvalue weighted by Gasteiger charge is 2.47. The third-order valence-corrected chi connectivity index (χ3v) is 4.12. The Bertz CT molecular complexity index is 657. The number of alkyl carbamates (subject to hydrolysis) is 2. The van der Waals surface area contributed by atoms with E-state index in [9.17, 15) is 18.4 Å². The third kappa shape index (κ3) is 8.81. The molecule has 0 heterocycles. The van der Waals surface area contributed by atoms with Gasteiger partial charge in [-0.2, -0.15) is 10.5 Å². The lowest BCUT2D eigenvalue weighted by Crippen LogP contribution is -2.52. The zero-order valence-electron chi connectivity index (χ0n) is 18.3. The van der Waals surface area contributed by atoms with Crippen LogP contribution in [0.2, 0.25) is 0 Å². The van der Waals surface area contributed by atoms with Crippen LogP contribution in [0.4, 0.5) is 18.4 Å². The molecule has 2 N–H and O–H groups in total. The summed E-state index contributed by atoms with van der Waals surface area (Å²) in [5.74, 6) is 0. The van der Waals surface area contributed by atoms with Gasteiger partial charge < -0.3 is 20.1 Å². The van der Waals surface area contributed by atoms with Crippen LogP contribution in [-0.4, -0.2) is 46.8 Å². The zero-order valence-corrected chi connectivity index (χ0v) is 18.3. The smallest absolute Gasteiger partial charge is 0.407 e. The second-order valence-electron chi connectivity index (χ2n) is 9.66. The van der Waals surface area contributed by atoms with Crippen LogP contribution >= 0.6 is 0 Å². The van der Waals surface area contributed by atoms with Gasteiger partial charge in [-0.15, -0.1) is 0 Å². The molecule has 0 aliphatic heterocycles. The highest BCUT2D eigenvalue weighted by molar-refractivity contribution is 5.68. The molecule has 0 aromatic carbocycles. The summed E-state index contributed by atoms with van der Waals surface area (Å²) < 4.78 is 36.2. The highest BCUT2D eigenvalue weighted by atomic mass is 19.1. The van der Waals surface area contributed by atoms with Crippen molar-refractivity contribution in [2.45, 2.75) is 102 Å². The van der Waals surface area contributed by atoms with E-state index in [2.05, 4.69) is 10.6 Å². The van der Waals surface area contributed by atoms with E-state index in [1.807, 2.05) is 0 Å². The van der Waals surface area contributed by atoms with Crippen molar-refractivity contribution in [1.29, 1.82) is 10.5 Å². The van der Waals surface area contributed by atoms with Crippen LogP contribution in [0, 0.1) is 22.7 Å². The van der Waals surface area contributed by atoms with Gasteiger partial charge in [0.2, 0.25) is 0 Å². The topological polar surface area (TPSA) is 124 Å². The summed E-state index contributed by atoms with van der Waals surface area (Å²) in [6.45, 7) is 10.5. The van der Waals surface area contributed by atoms with Gasteiger partial charge in [-0.1, -0.05) is 0 Å². The van der Waals surface area contributed by atoms with Gasteiger partial charge in [-0.05, 0) is 41.5 Å². The monoisotopic (exact) mass is 428 g/mol. The fraction of sp³-hybridized carbons (Fsp3) is 0.800. The molecule has 0 aromatic heterocycles. The van der Waals surface area contributed by atoms with Crippen LogP contribution < -0.4 is 10.6 Å². The molecule has 2 amide bonds. The average molecular weight is 428 g/mol. The van der Waals surface area contributed by atoms with Crippen molar-refractivity contribution >= 4 is 12.2 Å². The number of ether oxygens (including phenoxy) is 2. The van der Waals surface area contributed by atoms with Gasteiger partial charge in [0.15, 0.2) is 11.3 Å². The van der Waals surface area contributed by atoms with E-state index in [0.29, 0.717) is 0 Å². The zero-order chi connectivity index (χ0) is 23.4. The fourth-order valence-electron chi connectivity index (χ4n) is 2.78. The summed E-state index contributed by atoms with van der Waals surface area (Å²) in [5, 5.41) is 21.8. The van der Waals surface area contributed by atoms with Crippen LogP contribution in [0.15, 0.2) is 0 Å². The first-order chi connectivity index (χ1) is 13.5. The minimum absolute atomic E-state index is 0.0444. The molecular formula is C20H30F2N4O4. The number of nitriles is 2. The first-order valence-electron chi connectivity index (χ1n) is 9.67. The van der Waals surface area contributed by atoms with Crippen molar-refractivity contribution in [3.8, 4) is 12.1 Å². The van der Waals surface area contributed by atoms with Crippen molar-refractivity contribution in [3.63, 3.8) is 0 Å². The summed E-state index contributed by atoms with van der Waals surface area (Å²) in [5.41, 5.74) is -4.65. The van der Waals surface area contributed by atoms with Crippen molar-refractivity contribution in [3.05, 3.63) is 0 Å². The number of nitrogens with zero attached hydrogens (tertiary/aromatic N) is 2. The first kappa shape index (κ1) is 25.4. The molecule has 0 spiro atoms. The lowest BCUT2D eigenvalue weighted by atomic mass is 9.78. The third-order valence-electron chi connectivity index (χ3n) is 4.12. The normalized spacial score (nSPS) is 29.9. The van der Waals surface area contributed by atoms with Gasteiger partial charge in [0.05, 0.1) is 0 Å². The first-order valence-corrected chi connectivity index (χ1v) is 9.67. The largest absolute Gasteiger partial charge is 0.444 e. The Labute approximate surface area is 175 Å². The molecular weight excluding hydrogens is 398 g/mol. The number of hydrogen-bond donors (Lipinski definition) is 2. The number of halogens is 2. The molecule has 2 saturated carbocycles. The van der Waals surface area contributed by atoms with Crippen molar-refractivity contribution in [2.75, 3.05) is 0 Å². The van der Waals surface area contributed by atoms with Crippen molar-refractivity contribution in [2.24, 2.45) is 0 Å². The van der Waals surface area contributed by atoms with Gasteiger partial charge in [0.25, 0.3) is 0 Å². The van der Waals surface area contributed by atoms with Crippen LogP contribution in [0.25, 0.3) is 0 Å². The van der Waals surface area contributed by atoms with E-state index in [1.54, 1.807) is 53.7 Å². The molecule has 0 aromatic rings. The lowest BCUT2D eigenvalue weighted by Gasteiger charge is -2.36. The maximum atomic E-state index is 13.1. The van der Waals surface area contributed by atoms with Crippen LogP contribution in [-0.2, 0) is 9.47 Å². The van der Waals surface area contributed by atoms with Gasteiger partial charge in [-0.25, -0.2) is 18.4 Å². The summed E-state index contributed by atoms with van der Waals surface area (Å²) in [7, 11) is 0. The molecule has 2 aliphatic rings. The molecule has 2 fully saturated rings. The average Bonchev–Trinajstić information content (AvgIpc) is 2.48. The molecule has 10 heteroatoms. The minimum Gasteiger partial charge on any atom is -0.444 e. The van der Waals surface area contributed by atoms with Crippen LogP contribution in [0.1, 0.15) is 67.2 Å². The number of amides is 2. The lowest BCUT2D eigenvalue weighted by molar-refractivity contribution is 0.0331. The number of rotatable bonds is 2. The molecule has 8 nitrogen and oxygen atoms in total. The van der Waals surface area contributed by atoms with Crippen molar-refractivity contribution in [1.82, 2.24) is 10.6 Å². The summed E-state index contributed by atoms with van der Waals surface area (Å²) in [6, 6.07) is 2.57. The summed E-state index contributed by atoms with van der Waals surface area (Å²) in [4.78, 5) is 22.4. The summed E-state index contributed by atoms with van der Waals surface area (Å²) in [6.07, 6.45) is -0.947. The summed E-state index contributed by atoms with van der Waals surface area (Å²) >= 11 is 0. The molecule has 0 unspecified atom stereocenters. The SMILES string of the molecule is CC(C)(C)OC(=O)NC1CC(F)(C#N)C1.CC(C)(C)OC(=O)NC1CC(F)(C#N)C1. The standard InChI is InChI=1S/2C10H15FN2O2/c2*1-9(2,3)15-8(14)13-7-4-10(11,5-7)6-12/h2*7H,4-5H2,1-3H3,(H,13,14). The number of carbonyl (C=O) groups is 2. The maximum absolute atomic E-state index is 13.1. The molecule has 2 rings (SSSR count). The van der Waals surface area contributed by atoms with E-state index >= 15 is 0 Å². The van der Waals surface area contributed by atoms with Gasteiger partial charge in [0, 0.05) is 37.8 Å². The number of alkyl halides is 2. The van der Waals surface area contributed by atoms with E-state index in [0.717, 1.165) is 0 Å². The van der Waals surface area contributed by atoms with Crippen molar-refractivity contribution < 1.29 is 27.8 Å². The van der Waals surface area contributed by atoms with Crippen LogP contribution in [0.3, 0.4) is 0 Å². The van der Waals surface area contributed by atoms with Gasteiger partial charge in [0.1, 0.15) is 23.3 Å². The van der Waals surface area contributed by atoms with E-state index < -0.39 is 34.7 Å². The Morgan fingerprint density at radius 2 is 1.07 bits per heavy atom. The Morgan fingerprint density at radius 3 is 1.27 bits per heavy atom. The maximum Gasteiger partial charge on any atom is 0.407 e. The number of nitrogens with one attached hydrogen (secondary N) is 2. The Kier molecular flexibility index (Phi) is 7.65. The van der Waals surface area contributed by atoms with E-state index in [4.69, 9.17) is 20.0 Å². The quantitative estimate of drug-likeness (QED) is 0.689. The molecule has 0 bridgehead atoms. The number of carbonyl (C=O) groups excluding carboxylic acids is 2. The molecule has 0 radical (unpaired) electrons. The highest BCUT2D eigenvalue weighted by Crippen LogP contribution is 2.36. The number of hydrogen-bond acceptors (Lipinski definition) is 6. The minimum atomic E-state index is -1.76. The fourth-order valence-corrected chi connectivity index (χ4v) is 2.78. The Morgan fingerprint density at radius 1 is 0.800 bits per heavy atom. The molecule has 30 heavy (non-hydrogen) atoms. The molecule has 2 aliphatic carbocycles. The second-order valence-corrected chi connectivity index (χ2v) is 9.66. The molecule has 0 saturated heterocycles. The second kappa shape index (κ2) is 9.03. The Hall–Kier alpha value is -2.62.